The van der Waals surface area contributed by atoms with Gasteiger partial charge in [0.15, 0.2) is 12.2 Å². The Bertz CT molecular complexity index is 2270. The van der Waals surface area contributed by atoms with Crippen molar-refractivity contribution in [3.8, 4) is 5.75 Å². The Labute approximate surface area is 430 Å². The van der Waals surface area contributed by atoms with Crippen molar-refractivity contribution in [2.75, 3.05) is 0 Å². The van der Waals surface area contributed by atoms with Crippen LogP contribution in [-0.4, -0.2) is 75.3 Å². The van der Waals surface area contributed by atoms with Gasteiger partial charge in [-0.25, -0.2) is 0 Å². The highest BCUT2D eigenvalue weighted by atomic mass is 16.7. The van der Waals surface area contributed by atoms with Gasteiger partial charge in [0.05, 0.1) is 33.9 Å². The van der Waals surface area contributed by atoms with Gasteiger partial charge in [0.25, 0.3) is 0 Å². The lowest BCUT2D eigenvalue weighted by Gasteiger charge is -2.60. The molecule has 8 aliphatic carbocycles. The maximum Gasteiger partial charge on any atom is 0.312 e. The smallest absolute Gasteiger partial charge is 0.312 e. The zero-order valence-electron chi connectivity index (χ0n) is 46.0. The number of aliphatic hydroxyl groups is 1. The Morgan fingerprint density at radius 3 is 1.75 bits per heavy atom. The third-order valence-corrected chi connectivity index (χ3v) is 20.0. The summed E-state index contributed by atoms with van der Waals surface area (Å²) in [6.07, 6.45) is 16.3. The SMILES string of the molecule is CCC(C)(C)C(=O)OC1(CC)C2CC3CC(C2)CC1C3.CCC(C)(C)C(=O)OC12CC3CC(CC(O)(C3)C1)C2.CCC(C)(C)C(=O)OC1C2CC3C(=O)OC1C3O2.CCC(C)c1ccc2cc(O)ccc2c1. The molecule has 3 saturated heterocycles. The van der Waals surface area contributed by atoms with Crippen LogP contribution < -0.4 is 0 Å². The van der Waals surface area contributed by atoms with Crippen molar-refractivity contribution in [2.24, 2.45) is 57.7 Å². The topological polar surface area (TPSA) is 155 Å². The second-order valence-corrected chi connectivity index (χ2v) is 26.3. The minimum atomic E-state index is -0.555. The summed E-state index contributed by atoms with van der Waals surface area (Å²) in [6, 6.07) is 11.9. The lowest BCUT2D eigenvalue weighted by atomic mass is 9.49. The van der Waals surface area contributed by atoms with Gasteiger partial charge in [0.2, 0.25) is 0 Å². The molecule has 13 rings (SSSR count). The fourth-order valence-corrected chi connectivity index (χ4v) is 14.6. The molecule has 2 N–H and O–H groups in total. The molecule has 8 saturated carbocycles. The average molecular weight is 999 g/mol. The molecule has 0 spiro atoms. The summed E-state index contributed by atoms with van der Waals surface area (Å²) >= 11 is 0. The molecular formula is C61H90O11. The summed E-state index contributed by atoms with van der Waals surface area (Å²) in [6.45, 7) is 24.4. The van der Waals surface area contributed by atoms with Crippen LogP contribution in [0, 0.1) is 57.7 Å². The van der Waals surface area contributed by atoms with Crippen molar-refractivity contribution in [2.45, 2.75) is 239 Å². The van der Waals surface area contributed by atoms with E-state index in [2.05, 4.69) is 45.9 Å². The highest BCUT2D eigenvalue weighted by Gasteiger charge is 2.66. The molecule has 3 heterocycles. The van der Waals surface area contributed by atoms with Gasteiger partial charge in [0.1, 0.15) is 23.1 Å². The van der Waals surface area contributed by atoms with Crippen molar-refractivity contribution in [3.63, 3.8) is 0 Å². The number of benzene rings is 2. The predicted octanol–water partition coefficient (Wildman–Crippen LogP) is 12.7. The van der Waals surface area contributed by atoms with E-state index in [4.69, 9.17) is 23.7 Å². The van der Waals surface area contributed by atoms with Crippen molar-refractivity contribution < 1.29 is 53.1 Å². The number of carbonyl (C=O) groups is 4. The first kappa shape index (κ1) is 54.6. The zero-order chi connectivity index (χ0) is 52.3. The quantitative estimate of drug-likeness (QED) is 0.154. The molecule has 11 aliphatic rings. The van der Waals surface area contributed by atoms with E-state index in [9.17, 15) is 29.4 Å². The number of phenols is 1. The van der Waals surface area contributed by atoms with E-state index in [1.54, 1.807) is 12.1 Å². The molecule has 11 fully saturated rings. The molecule has 2 aromatic carbocycles. The Kier molecular flexibility index (Phi) is 15.5. The summed E-state index contributed by atoms with van der Waals surface area (Å²) in [4.78, 5) is 48.6. The molecule has 0 aromatic heterocycles. The first-order chi connectivity index (χ1) is 33.8. The van der Waals surface area contributed by atoms with E-state index in [-0.39, 0.29) is 58.6 Å². The van der Waals surface area contributed by atoms with Crippen LogP contribution in [0.4, 0.5) is 0 Å². The van der Waals surface area contributed by atoms with E-state index in [1.165, 1.54) is 49.5 Å². The lowest BCUT2D eigenvalue weighted by Crippen LogP contribution is -2.61. The molecule has 11 heteroatoms. The summed E-state index contributed by atoms with van der Waals surface area (Å²) in [5.41, 5.74) is -0.928. The minimum Gasteiger partial charge on any atom is -0.508 e. The third kappa shape index (κ3) is 10.7. The van der Waals surface area contributed by atoms with Gasteiger partial charge in [-0.05, 0) is 214 Å². The number of hydrogen-bond donors (Lipinski definition) is 2. The second kappa shape index (κ2) is 20.4. The van der Waals surface area contributed by atoms with Gasteiger partial charge in [-0.1, -0.05) is 65.8 Å². The Balaban J connectivity index is 0.000000129. The Hall–Kier alpha value is -3.70. The number of ether oxygens (including phenoxy) is 5. The van der Waals surface area contributed by atoms with Crippen molar-refractivity contribution in [1.82, 2.24) is 0 Å². The monoisotopic (exact) mass is 999 g/mol. The minimum absolute atomic E-state index is 0.0364. The first-order valence-corrected chi connectivity index (χ1v) is 28.3. The molecule has 11 nitrogen and oxygen atoms in total. The van der Waals surface area contributed by atoms with Crippen LogP contribution >= 0.6 is 0 Å². The molecule has 8 unspecified atom stereocenters. The van der Waals surface area contributed by atoms with Crippen LogP contribution in [0.3, 0.4) is 0 Å². The number of fused-ring (bicyclic) bond motifs is 2. The van der Waals surface area contributed by atoms with E-state index < -0.39 is 28.6 Å². The van der Waals surface area contributed by atoms with Crippen LogP contribution in [0.15, 0.2) is 36.4 Å². The highest BCUT2D eigenvalue weighted by Crippen LogP contribution is 2.62. The van der Waals surface area contributed by atoms with Crippen LogP contribution in [0.2, 0.25) is 0 Å². The number of rotatable bonds is 12. The summed E-state index contributed by atoms with van der Waals surface area (Å²) in [7, 11) is 0. The average Bonchev–Trinajstić information content (AvgIpc) is 3.97. The van der Waals surface area contributed by atoms with Crippen LogP contribution in [0.25, 0.3) is 10.8 Å². The number of carbonyl (C=O) groups excluding carboxylic acids is 4. The number of esters is 4. The van der Waals surface area contributed by atoms with Gasteiger partial charge in [-0.3, -0.25) is 19.2 Å². The molecule has 0 radical (unpaired) electrons. The molecule has 0 amide bonds. The van der Waals surface area contributed by atoms with E-state index in [0.29, 0.717) is 54.6 Å². The standard InChI is InChI=1S/C18H30O2.C16H26O3.C14H16O.C13H18O5/c1-5-17(3,4)16(19)20-18(6-2)14-8-12-7-13(10-14)11-15(18)9-12;1-4-14(2,3)13(17)19-16-8-11-5-12(9-16)7-15(18,6-11)10-16;1-3-10(2)11-4-5-13-9-14(15)7-6-12(13)8-11;1-4-13(2,3)12(15)18-9-7-5-6-8(16-7)10(9)17-11(6)14/h12-15H,5-11H2,1-4H3;11-12,18H,4-10H2,1-3H3;4-10,15H,3H2,1-2H3;6-10H,4-5H2,1-3H3. The summed E-state index contributed by atoms with van der Waals surface area (Å²) in [5.74, 6) is 4.54. The third-order valence-electron chi connectivity index (χ3n) is 20.0. The predicted molar refractivity (Wildman–Crippen MR) is 278 cm³/mol. The Morgan fingerprint density at radius 2 is 1.21 bits per heavy atom. The second-order valence-electron chi connectivity index (χ2n) is 26.3. The van der Waals surface area contributed by atoms with Crippen LogP contribution in [-0.2, 0) is 42.9 Å². The summed E-state index contributed by atoms with van der Waals surface area (Å²) in [5, 5.41) is 22.3. The Morgan fingerprint density at radius 1 is 0.681 bits per heavy atom. The molecule has 2 aromatic rings. The van der Waals surface area contributed by atoms with E-state index in [0.717, 1.165) is 68.6 Å². The fourth-order valence-electron chi connectivity index (χ4n) is 14.6. The lowest BCUT2D eigenvalue weighted by molar-refractivity contribution is -0.225. The molecule has 8 atom stereocenters. The molecule has 400 valence electrons. The molecule has 3 aliphatic heterocycles. The van der Waals surface area contributed by atoms with E-state index in [1.807, 2.05) is 61.5 Å². The van der Waals surface area contributed by atoms with Gasteiger partial charge in [0, 0.05) is 6.42 Å². The number of phenolic OH excluding ortho intramolecular Hbond substituents is 1. The van der Waals surface area contributed by atoms with Gasteiger partial charge < -0.3 is 33.9 Å². The van der Waals surface area contributed by atoms with E-state index >= 15 is 0 Å². The molecule has 10 bridgehead atoms. The molecular weight excluding hydrogens is 909 g/mol. The first-order valence-electron chi connectivity index (χ1n) is 28.3. The van der Waals surface area contributed by atoms with Crippen molar-refractivity contribution >= 4 is 34.6 Å². The maximum absolute atomic E-state index is 12.6. The number of aromatic hydroxyl groups is 1. The van der Waals surface area contributed by atoms with Crippen molar-refractivity contribution in [1.29, 1.82) is 0 Å². The largest absolute Gasteiger partial charge is 0.508 e. The van der Waals surface area contributed by atoms with Crippen molar-refractivity contribution in [3.05, 3.63) is 42.0 Å². The van der Waals surface area contributed by atoms with Crippen LogP contribution in [0.5, 0.6) is 5.75 Å². The van der Waals surface area contributed by atoms with Gasteiger partial charge in [-0.15, -0.1) is 0 Å². The van der Waals surface area contributed by atoms with Crippen LogP contribution in [0.1, 0.15) is 204 Å². The van der Waals surface area contributed by atoms with Gasteiger partial charge in [-0.2, -0.15) is 0 Å². The maximum atomic E-state index is 12.6. The molecule has 72 heavy (non-hydrogen) atoms. The highest BCUT2D eigenvalue weighted by molar-refractivity contribution is 5.84. The normalized spacial score (nSPS) is 36.6. The zero-order valence-corrected chi connectivity index (χ0v) is 46.0. The summed E-state index contributed by atoms with van der Waals surface area (Å²) < 4.78 is 28.7. The van der Waals surface area contributed by atoms with Gasteiger partial charge >= 0.3 is 23.9 Å². The fraction of sp³-hybridized carbons (Fsp3) is 0.770. The number of hydrogen-bond acceptors (Lipinski definition) is 11.